The van der Waals surface area contributed by atoms with Crippen molar-refractivity contribution in [3.63, 3.8) is 0 Å². The molecule has 31 heavy (non-hydrogen) atoms. The predicted octanol–water partition coefficient (Wildman–Crippen LogP) is 8.54. The van der Waals surface area contributed by atoms with Gasteiger partial charge in [-0.3, -0.25) is 4.79 Å². The Hall–Kier alpha value is -0.850. The minimum atomic E-state index is 0.280. The number of rotatable bonds is 6. The monoisotopic (exact) mass is 424 g/mol. The number of fused-ring (bicyclic) bond motifs is 4. The molecule has 0 aromatic rings. The third-order valence-corrected chi connectivity index (χ3v) is 11.1. The molecule has 1 heteroatoms. The van der Waals surface area contributed by atoms with Gasteiger partial charge in [-0.1, -0.05) is 72.1 Å². The molecule has 4 rings (SSSR count). The Morgan fingerprint density at radius 1 is 0.968 bits per heavy atom. The van der Waals surface area contributed by atoms with Crippen molar-refractivity contribution in [3.05, 3.63) is 23.3 Å². The van der Waals surface area contributed by atoms with Gasteiger partial charge in [0.25, 0.3) is 0 Å². The Balaban J connectivity index is 1.55. The fourth-order valence-electron chi connectivity index (χ4n) is 9.00. The molecule has 4 aliphatic carbocycles. The van der Waals surface area contributed by atoms with Gasteiger partial charge in [-0.25, -0.2) is 0 Å². The van der Waals surface area contributed by atoms with Crippen molar-refractivity contribution < 1.29 is 4.79 Å². The van der Waals surface area contributed by atoms with Crippen LogP contribution in [0, 0.1) is 46.3 Å². The van der Waals surface area contributed by atoms with Gasteiger partial charge in [-0.15, -0.1) is 0 Å². The zero-order chi connectivity index (χ0) is 22.6. The van der Waals surface area contributed by atoms with E-state index in [-0.39, 0.29) is 5.41 Å². The minimum Gasteiger partial charge on any atom is -0.295 e. The molecule has 3 fully saturated rings. The number of carbonyl (C=O) groups is 1. The first-order chi connectivity index (χ1) is 14.6. The third-order valence-electron chi connectivity index (χ3n) is 11.1. The molecular formula is C30H48O. The predicted molar refractivity (Wildman–Crippen MR) is 132 cm³/mol. The second-order valence-electron chi connectivity index (χ2n) is 12.7. The second kappa shape index (κ2) is 8.49. The summed E-state index contributed by atoms with van der Waals surface area (Å²) in [4.78, 5) is 12.4. The quantitative estimate of drug-likeness (QED) is 0.308. The average Bonchev–Trinajstić information content (AvgIpc) is 3.08. The molecule has 0 bridgehead atoms. The van der Waals surface area contributed by atoms with Crippen molar-refractivity contribution in [2.24, 2.45) is 46.3 Å². The Morgan fingerprint density at radius 3 is 2.39 bits per heavy atom. The average molecular weight is 425 g/mol. The van der Waals surface area contributed by atoms with Crippen LogP contribution in [0.2, 0.25) is 0 Å². The molecule has 0 aromatic carbocycles. The van der Waals surface area contributed by atoms with Crippen molar-refractivity contribution in [1.29, 1.82) is 0 Å². The van der Waals surface area contributed by atoms with Gasteiger partial charge in [0.05, 0.1) is 0 Å². The number of ketones is 1. The lowest BCUT2D eigenvalue weighted by atomic mass is 9.48. The third kappa shape index (κ3) is 3.71. The summed E-state index contributed by atoms with van der Waals surface area (Å²) in [5.74, 6) is 4.91. The van der Waals surface area contributed by atoms with Gasteiger partial charge in [0.2, 0.25) is 0 Å². The maximum absolute atomic E-state index is 12.4. The van der Waals surface area contributed by atoms with Crippen molar-refractivity contribution in [2.75, 3.05) is 0 Å². The molecule has 3 saturated carbocycles. The molecule has 4 aliphatic rings. The van der Waals surface area contributed by atoms with Gasteiger partial charge in [0.15, 0.2) is 5.78 Å². The van der Waals surface area contributed by atoms with Gasteiger partial charge < -0.3 is 0 Å². The van der Waals surface area contributed by atoms with Crippen LogP contribution in [-0.4, -0.2) is 5.78 Å². The molecule has 0 amide bonds. The summed E-state index contributed by atoms with van der Waals surface area (Å²) in [7, 11) is 0. The van der Waals surface area contributed by atoms with E-state index in [9.17, 15) is 4.79 Å². The van der Waals surface area contributed by atoms with E-state index in [4.69, 9.17) is 0 Å². The first-order valence-electron chi connectivity index (χ1n) is 13.6. The van der Waals surface area contributed by atoms with Crippen LogP contribution in [0.15, 0.2) is 23.3 Å². The zero-order valence-electron chi connectivity index (χ0n) is 21.4. The first kappa shape index (κ1) is 23.3. The van der Waals surface area contributed by atoms with Crippen LogP contribution in [0.5, 0.6) is 0 Å². The summed E-state index contributed by atoms with van der Waals surface area (Å²) in [6, 6.07) is 0. The molecule has 0 aromatic heterocycles. The van der Waals surface area contributed by atoms with E-state index in [1.54, 1.807) is 0 Å². The topological polar surface area (TPSA) is 17.1 Å². The highest BCUT2D eigenvalue weighted by molar-refractivity contribution is 5.96. The van der Waals surface area contributed by atoms with Crippen molar-refractivity contribution in [3.8, 4) is 0 Å². The Kier molecular flexibility index (Phi) is 6.39. The van der Waals surface area contributed by atoms with Gasteiger partial charge in [-0.05, 0) is 103 Å². The van der Waals surface area contributed by atoms with E-state index in [0.717, 1.165) is 42.1 Å². The lowest BCUT2D eigenvalue weighted by molar-refractivity contribution is -0.120. The van der Waals surface area contributed by atoms with Crippen molar-refractivity contribution in [1.82, 2.24) is 0 Å². The normalized spacial score (nSPS) is 39.9. The maximum Gasteiger partial charge on any atom is 0.158 e. The van der Waals surface area contributed by atoms with E-state index in [1.807, 2.05) is 11.1 Å². The van der Waals surface area contributed by atoms with Gasteiger partial charge in [0.1, 0.15) is 0 Å². The lowest BCUT2D eigenvalue weighted by Gasteiger charge is -2.56. The minimum absolute atomic E-state index is 0.280. The smallest absolute Gasteiger partial charge is 0.158 e. The highest BCUT2D eigenvalue weighted by Gasteiger charge is 2.56. The summed E-state index contributed by atoms with van der Waals surface area (Å²) < 4.78 is 0. The molecule has 0 heterocycles. The van der Waals surface area contributed by atoms with E-state index in [1.165, 1.54) is 57.8 Å². The molecule has 1 nitrogen and oxygen atoms in total. The van der Waals surface area contributed by atoms with Crippen LogP contribution in [0.4, 0.5) is 0 Å². The largest absolute Gasteiger partial charge is 0.295 e. The molecule has 0 spiro atoms. The molecular weight excluding hydrogens is 376 g/mol. The molecule has 7 atom stereocenters. The molecule has 0 radical (unpaired) electrons. The van der Waals surface area contributed by atoms with Crippen molar-refractivity contribution in [2.45, 2.75) is 112 Å². The van der Waals surface area contributed by atoms with Crippen LogP contribution in [0.25, 0.3) is 0 Å². The maximum atomic E-state index is 12.4. The first-order valence-corrected chi connectivity index (χ1v) is 13.6. The number of hydrogen-bond donors (Lipinski definition) is 0. The van der Waals surface area contributed by atoms with Crippen LogP contribution >= 0.6 is 0 Å². The van der Waals surface area contributed by atoms with E-state index >= 15 is 0 Å². The fraction of sp³-hybridized carbons (Fsp3) is 0.833. The standard InChI is InChI=1S/C30H48O/c1-8-22(19(2)3)10-9-20(4)24-13-14-26-23-11-12-25-21(5)28(31)16-18-30(25,7)27(23)15-17-29(24,26)6/h19-20,22,24-25,27H,5,8-18H2,1-4,6-7H3/t20-,22+,24-,25+,27+,29-,30+/m1/s1. The number of carbonyl (C=O) groups excluding carboxylic acids is 1. The number of allylic oxidation sites excluding steroid dienone is 3. The van der Waals surface area contributed by atoms with Crippen LogP contribution in [0.3, 0.4) is 0 Å². The SMILES string of the molecule is C=C1C(=O)CC[C@@]2(C)[C@H]1CCC1=C3CC[C@H]([C@H](C)CC[C@H](CC)C(C)C)[C@@]3(C)CC[C@@H]12. The van der Waals surface area contributed by atoms with Gasteiger partial charge >= 0.3 is 0 Å². The molecule has 0 aliphatic heterocycles. The number of Topliss-reactive ketones (excluding diaryl/α,β-unsaturated/α-hetero) is 1. The summed E-state index contributed by atoms with van der Waals surface area (Å²) >= 11 is 0. The highest BCUT2D eigenvalue weighted by atomic mass is 16.1. The van der Waals surface area contributed by atoms with E-state index in [0.29, 0.717) is 23.0 Å². The van der Waals surface area contributed by atoms with Gasteiger partial charge in [0, 0.05) is 6.42 Å². The summed E-state index contributed by atoms with van der Waals surface area (Å²) in [6.07, 6.45) is 13.8. The summed E-state index contributed by atoms with van der Waals surface area (Å²) in [5.41, 5.74) is 5.40. The number of hydrogen-bond acceptors (Lipinski definition) is 1. The highest BCUT2D eigenvalue weighted by Crippen LogP contribution is 2.66. The molecule has 174 valence electrons. The molecule has 0 saturated heterocycles. The van der Waals surface area contributed by atoms with E-state index < -0.39 is 0 Å². The summed E-state index contributed by atoms with van der Waals surface area (Å²) in [6.45, 7) is 19.2. The fourth-order valence-corrected chi connectivity index (χ4v) is 9.00. The lowest BCUT2D eigenvalue weighted by Crippen LogP contribution is -2.48. The summed E-state index contributed by atoms with van der Waals surface area (Å²) in [5, 5.41) is 0. The Labute approximate surface area is 192 Å². The zero-order valence-corrected chi connectivity index (χ0v) is 21.4. The second-order valence-corrected chi connectivity index (χ2v) is 12.7. The van der Waals surface area contributed by atoms with E-state index in [2.05, 4.69) is 48.1 Å². The Bertz CT molecular complexity index is 756. The molecule has 0 N–H and O–H groups in total. The van der Waals surface area contributed by atoms with Crippen molar-refractivity contribution >= 4 is 5.78 Å². The van der Waals surface area contributed by atoms with Gasteiger partial charge in [-0.2, -0.15) is 0 Å². The molecule has 0 unspecified atom stereocenters. The van der Waals surface area contributed by atoms with Crippen LogP contribution < -0.4 is 0 Å². The van der Waals surface area contributed by atoms with Crippen LogP contribution in [-0.2, 0) is 4.79 Å². The van der Waals surface area contributed by atoms with Crippen LogP contribution in [0.1, 0.15) is 112 Å². The Morgan fingerprint density at radius 2 is 1.71 bits per heavy atom.